The first-order valence-corrected chi connectivity index (χ1v) is 9.38. The van der Waals surface area contributed by atoms with Crippen molar-refractivity contribution < 1.29 is 20.1 Å². The van der Waals surface area contributed by atoms with Gasteiger partial charge in [0.1, 0.15) is 0 Å². The molecule has 8 atom stereocenters. The number of fused-ring (bicyclic) bond motifs is 3. The molecule has 2 bridgehead atoms. The number of rotatable bonds is 1. The summed E-state index contributed by atoms with van der Waals surface area (Å²) in [4.78, 5) is 12.1. The third-order valence-electron chi connectivity index (χ3n) is 8.60. The second kappa shape index (κ2) is 4.64. The van der Waals surface area contributed by atoms with E-state index in [-0.39, 0.29) is 23.2 Å². The number of carbonyl (C=O) groups is 1. The smallest absolute Gasteiger partial charge is 0.309 e. The fourth-order valence-electron chi connectivity index (χ4n) is 7.33. The molecule has 0 unspecified atom stereocenters. The molecule has 4 nitrogen and oxygen atoms in total. The molecule has 4 aliphatic carbocycles. The van der Waals surface area contributed by atoms with Crippen molar-refractivity contribution in [2.45, 2.75) is 71.0 Å². The Kier molecular flexibility index (Phi) is 3.21. The molecule has 0 amide bonds. The highest BCUT2D eigenvalue weighted by atomic mass is 16.4. The minimum absolute atomic E-state index is 0.0197. The zero-order valence-corrected chi connectivity index (χ0v) is 15.0. The van der Waals surface area contributed by atoms with Crippen LogP contribution in [0.3, 0.4) is 0 Å². The number of hydrogen-bond acceptors (Lipinski definition) is 3. The number of aliphatic carboxylic acids is 1. The van der Waals surface area contributed by atoms with Crippen molar-refractivity contribution in [3.8, 4) is 0 Å². The summed E-state index contributed by atoms with van der Waals surface area (Å²) in [6, 6.07) is 0. The Morgan fingerprint density at radius 3 is 2.50 bits per heavy atom. The first-order chi connectivity index (χ1) is 11.1. The average molecular weight is 334 g/mol. The first kappa shape index (κ1) is 16.6. The summed E-state index contributed by atoms with van der Waals surface area (Å²) in [7, 11) is 0. The Morgan fingerprint density at radius 1 is 1.12 bits per heavy atom. The molecule has 1 spiro atoms. The molecule has 134 valence electrons. The van der Waals surface area contributed by atoms with Gasteiger partial charge in [0.05, 0.1) is 17.1 Å². The van der Waals surface area contributed by atoms with E-state index >= 15 is 0 Å². The van der Waals surface area contributed by atoms with E-state index in [9.17, 15) is 20.1 Å². The summed E-state index contributed by atoms with van der Waals surface area (Å²) in [6.45, 7) is 5.93. The fraction of sp³-hybridized carbons (Fsp3) is 0.850. The number of carboxylic acids is 1. The van der Waals surface area contributed by atoms with Crippen LogP contribution < -0.4 is 0 Å². The predicted octanol–water partition coefficient (Wildman–Crippen LogP) is 2.98. The van der Waals surface area contributed by atoms with Crippen LogP contribution in [0.4, 0.5) is 0 Å². The maximum Gasteiger partial charge on any atom is 0.309 e. The number of carboxylic acid groups (broad SMARTS) is 1. The molecule has 0 saturated heterocycles. The van der Waals surface area contributed by atoms with Crippen LogP contribution in [0.15, 0.2) is 12.2 Å². The third-order valence-corrected chi connectivity index (χ3v) is 8.60. The van der Waals surface area contributed by atoms with Crippen LogP contribution in [0, 0.1) is 34.0 Å². The molecule has 4 aliphatic rings. The molecule has 24 heavy (non-hydrogen) atoms. The van der Waals surface area contributed by atoms with E-state index in [0.717, 1.165) is 25.7 Å². The molecule has 4 heteroatoms. The standard InChI is InChI=1S/C20H30O4/c1-17(16(22)23)8-7-15(21)19(3)13(17)6-9-20-10-12(4-5-14(19)20)18(2,24)11-20/h4-5,12-15,21,24H,6-11H2,1-3H3,(H,22,23)/t12-,13+,14-,15-,17-,18+,19+,20-/m1/s1. The van der Waals surface area contributed by atoms with Gasteiger partial charge in [0.25, 0.3) is 0 Å². The fourth-order valence-corrected chi connectivity index (χ4v) is 7.33. The molecule has 0 aliphatic heterocycles. The lowest BCUT2D eigenvalue weighted by Gasteiger charge is -2.63. The summed E-state index contributed by atoms with van der Waals surface area (Å²) in [5.41, 5.74) is -1.84. The van der Waals surface area contributed by atoms with E-state index in [4.69, 9.17) is 0 Å². The van der Waals surface area contributed by atoms with Crippen molar-refractivity contribution in [2.75, 3.05) is 0 Å². The average Bonchev–Trinajstić information content (AvgIpc) is 2.68. The largest absolute Gasteiger partial charge is 0.481 e. The van der Waals surface area contributed by atoms with E-state index < -0.39 is 28.5 Å². The maximum absolute atomic E-state index is 12.1. The topological polar surface area (TPSA) is 77.8 Å². The van der Waals surface area contributed by atoms with Crippen LogP contribution in [0.2, 0.25) is 0 Å². The molecule has 3 saturated carbocycles. The van der Waals surface area contributed by atoms with Gasteiger partial charge in [-0.15, -0.1) is 0 Å². The minimum atomic E-state index is -0.762. The molecule has 0 aromatic rings. The Bertz CT molecular complexity index is 611. The highest BCUT2D eigenvalue weighted by molar-refractivity contribution is 5.75. The molecule has 4 rings (SSSR count). The highest BCUT2D eigenvalue weighted by Crippen LogP contribution is 2.71. The Hall–Kier alpha value is -0.870. The van der Waals surface area contributed by atoms with E-state index in [1.165, 1.54) is 0 Å². The van der Waals surface area contributed by atoms with Crippen molar-refractivity contribution in [1.29, 1.82) is 0 Å². The molecular weight excluding hydrogens is 304 g/mol. The van der Waals surface area contributed by atoms with E-state index in [1.807, 2.05) is 13.8 Å². The molecule has 0 radical (unpaired) electrons. The van der Waals surface area contributed by atoms with Gasteiger partial charge in [-0.2, -0.15) is 0 Å². The van der Waals surface area contributed by atoms with Gasteiger partial charge < -0.3 is 15.3 Å². The Balaban J connectivity index is 1.81. The highest BCUT2D eigenvalue weighted by Gasteiger charge is 2.68. The SMILES string of the molecule is C[C@]12[C@H](O)CC[C@@](C)(C(=O)O)[C@@H]1CC[C@]13C[C@@H](C=C[C@@H]12)[C@@](C)(O)C3. The number of allylic oxidation sites excluding steroid dienone is 1. The van der Waals surface area contributed by atoms with Crippen molar-refractivity contribution in [2.24, 2.45) is 34.0 Å². The third kappa shape index (κ3) is 1.79. The molecule has 3 fully saturated rings. The van der Waals surface area contributed by atoms with Gasteiger partial charge in [0.2, 0.25) is 0 Å². The minimum Gasteiger partial charge on any atom is -0.481 e. The van der Waals surface area contributed by atoms with Crippen molar-refractivity contribution >= 4 is 5.97 Å². The molecule has 0 heterocycles. The summed E-state index contributed by atoms with van der Waals surface area (Å²) < 4.78 is 0. The van der Waals surface area contributed by atoms with Crippen LogP contribution in [-0.4, -0.2) is 33.0 Å². The van der Waals surface area contributed by atoms with Crippen molar-refractivity contribution in [3.05, 3.63) is 12.2 Å². The predicted molar refractivity (Wildman–Crippen MR) is 90.2 cm³/mol. The lowest BCUT2D eigenvalue weighted by molar-refractivity contribution is -0.199. The molecule has 0 aromatic heterocycles. The summed E-state index contributed by atoms with van der Waals surface area (Å²) in [5.74, 6) is -0.394. The zero-order chi connectivity index (χ0) is 17.5. The van der Waals surface area contributed by atoms with E-state index in [0.29, 0.717) is 12.8 Å². The second-order valence-electron chi connectivity index (χ2n) is 9.80. The lowest BCUT2D eigenvalue weighted by atomic mass is 9.41. The van der Waals surface area contributed by atoms with Gasteiger partial charge in [-0.05, 0) is 69.6 Å². The van der Waals surface area contributed by atoms with Gasteiger partial charge in [0, 0.05) is 11.3 Å². The van der Waals surface area contributed by atoms with Gasteiger partial charge in [0.15, 0.2) is 0 Å². The Morgan fingerprint density at radius 2 is 1.83 bits per heavy atom. The monoisotopic (exact) mass is 334 g/mol. The number of hydrogen-bond donors (Lipinski definition) is 3. The first-order valence-electron chi connectivity index (χ1n) is 9.38. The lowest BCUT2D eigenvalue weighted by Crippen LogP contribution is -2.62. The summed E-state index contributed by atoms with van der Waals surface area (Å²) in [5, 5.41) is 31.7. The number of aliphatic hydroxyl groups is 2. The van der Waals surface area contributed by atoms with Gasteiger partial charge in [-0.25, -0.2) is 0 Å². The maximum atomic E-state index is 12.1. The second-order valence-corrected chi connectivity index (χ2v) is 9.80. The van der Waals surface area contributed by atoms with E-state index in [2.05, 4.69) is 19.1 Å². The number of aliphatic hydroxyl groups excluding tert-OH is 1. The zero-order valence-electron chi connectivity index (χ0n) is 15.0. The van der Waals surface area contributed by atoms with E-state index in [1.54, 1.807) is 0 Å². The van der Waals surface area contributed by atoms with Crippen LogP contribution in [0.5, 0.6) is 0 Å². The van der Waals surface area contributed by atoms with Crippen molar-refractivity contribution in [3.63, 3.8) is 0 Å². The Labute approximate surface area is 144 Å². The normalized spacial score (nSPS) is 58.9. The van der Waals surface area contributed by atoms with Gasteiger partial charge in [-0.3, -0.25) is 4.79 Å². The summed E-state index contributed by atoms with van der Waals surface area (Å²) in [6.07, 6.45) is 8.53. The van der Waals surface area contributed by atoms with Crippen molar-refractivity contribution in [1.82, 2.24) is 0 Å². The van der Waals surface area contributed by atoms with Crippen LogP contribution in [-0.2, 0) is 4.79 Å². The van der Waals surface area contributed by atoms with Crippen LogP contribution in [0.25, 0.3) is 0 Å². The van der Waals surface area contributed by atoms with Gasteiger partial charge in [-0.1, -0.05) is 19.1 Å². The molecule has 3 N–H and O–H groups in total. The summed E-state index contributed by atoms with van der Waals surface area (Å²) >= 11 is 0. The quantitative estimate of drug-likeness (QED) is 0.644. The van der Waals surface area contributed by atoms with Crippen LogP contribution >= 0.6 is 0 Å². The molecule has 0 aromatic carbocycles. The van der Waals surface area contributed by atoms with Crippen LogP contribution in [0.1, 0.15) is 59.3 Å². The van der Waals surface area contributed by atoms with Gasteiger partial charge >= 0.3 is 5.97 Å². The molecular formula is C20H30O4.